The average Bonchev–Trinajstić information content (AvgIpc) is 2.96. The molecule has 0 aliphatic heterocycles. The van der Waals surface area contributed by atoms with Gasteiger partial charge in [0.2, 0.25) is 0 Å². The second-order valence-electron chi connectivity index (χ2n) is 5.47. The molecule has 2 N–H and O–H groups in total. The van der Waals surface area contributed by atoms with E-state index in [1.807, 2.05) is 0 Å². The summed E-state index contributed by atoms with van der Waals surface area (Å²) >= 11 is 0. The zero-order valence-corrected chi connectivity index (χ0v) is 10.6. The Morgan fingerprint density at radius 2 is 1.50 bits per heavy atom. The van der Waals surface area contributed by atoms with Gasteiger partial charge < -0.3 is 10.6 Å². The van der Waals surface area contributed by atoms with Gasteiger partial charge in [-0.3, -0.25) is 0 Å². The first kappa shape index (κ1) is 11.6. The number of hydrogen-bond donors (Lipinski definition) is 2. The van der Waals surface area contributed by atoms with Crippen molar-refractivity contribution in [3.63, 3.8) is 0 Å². The summed E-state index contributed by atoms with van der Waals surface area (Å²) in [5, 5.41) is 6.19. The lowest BCUT2D eigenvalue weighted by Gasteiger charge is -2.16. The Hall–Kier alpha value is -1.51. The molecule has 0 saturated heterocycles. The van der Waals surface area contributed by atoms with Crippen LogP contribution in [0.5, 0.6) is 0 Å². The van der Waals surface area contributed by atoms with E-state index in [4.69, 9.17) is 0 Å². The molecule has 2 aliphatic rings. The van der Waals surface area contributed by atoms with Gasteiger partial charge in [-0.1, -0.05) is 37.1 Å². The van der Waals surface area contributed by atoms with Gasteiger partial charge in [-0.15, -0.1) is 0 Å². The summed E-state index contributed by atoms with van der Waals surface area (Å²) in [6, 6.07) is 9.13. The van der Waals surface area contributed by atoms with E-state index in [0.717, 1.165) is 25.7 Å². The minimum atomic E-state index is 0.0136. The largest absolute Gasteiger partial charge is 0.335 e. The highest BCUT2D eigenvalue weighted by Gasteiger charge is 2.23. The van der Waals surface area contributed by atoms with Crippen molar-refractivity contribution >= 4 is 6.03 Å². The summed E-state index contributed by atoms with van der Waals surface area (Å²) in [6.07, 6.45) is 6.71. The predicted octanol–water partition coefficient (Wildman–Crippen LogP) is 2.40. The lowest BCUT2D eigenvalue weighted by Crippen LogP contribution is -2.45. The molecule has 0 bridgehead atoms. The van der Waals surface area contributed by atoms with Crippen LogP contribution in [0.15, 0.2) is 24.3 Å². The number of carbonyl (C=O) groups is 1. The highest BCUT2D eigenvalue weighted by atomic mass is 16.2. The average molecular weight is 244 g/mol. The van der Waals surface area contributed by atoms with Crippen LogP contribution in [0.25, 0.3) is 0 Å². The highest BCUT2D eigenvalue weighted by molar-refractivity contribution is 5.74. The van der Waals surface area contributed by atoms with Crippen molar-refractivity contribution < 1.29 is 4.79 Å². The molecule has 3 heteroatoms. The molecule has 18 heavy (non-hydrogen) atoms. The number of hydrogen-bond acceptors (Lipinski definition) is 1. The van der Waals surface area contributed by atoms with E-state index < -0.39 is 0 Å². The summed E-state index contributed by atoms with van der Waals surface area (Å²) in [6.45, 7) is 0. The molecule has 96 valence electrons. The van der Waals surface area contributed by atoms with Crippen LogP contribution in [0.4, 0.5) is 4.79 Å². The quantitative estimate of drug-likeness (QED) is 0.824. The number of carbonyl (C=O) groups excluding carboxylic acids is 1. The van der Waals surface area contributed by atoms with Gasteiger partial charge in [0.05, 0.1) is 0 Å². The van der Waals surface area contributed by atoms with Gasteiger partial charge in [0.15, 0.2) is 0 Å². The molecule has 2 amide bonds. The molecular weight excluding hydrogens is 224 g/mol. The smallest absolute Gasteiger partial charge is 0.315 e. The molecular formula is C15H20N2O. The fourth-order valence-corrected chi connectivity index (χ4v) is 3.14. The monoisotopic (exact) mass is 244 g/mol. The molecule has 1 aromatic rings. The van der Waals surface area contributed by atoms with Crippen LogP contribution in [-0.2, 0) is 12.8 Å². The lowest BCUT2D eigenvalue weighted by molar-refractivity contribution is 0.233. The number of rotatable bonds is 2. The third-order valence-electron chi connectivity index (χ3n) is 4.08. The fourth-order valence-electron chi connectivity index (χ4n) is 3.14. The van der Waals surface area contributed by atoms with E-state index in [1.54, 1.807) is 0 Å². The Labute approximate surface area is 108 Å². The van der Waals surface area contributed by atoms with Crippen LogP contribution >= 0.6 is 0 Å². The summed E-state index contributed by atoms with van der Waals surface area (Å²) < 4.78 is 0. The Morgan fingerprint density at radius 3 is 2.11 bits per heavy atom. The van der Waals surface area contributed by atoms with Crippen molar-refractivity contribution in [2.24, 2.45) is 0 Å². The first-order chi connectivity index (χ1) is 8.81. The summed E-state index contributed by atoms with van der Waals surface area (Å²) in [7, 11) is 0. The van der Waals surface area contributed by atoms with Gasteiger partial charge >= 0.3 is 6.03 Å². The van der Waals surface area contributed by atoms with Crippen molar-refractivity contribution in [2.45, 2.75) is 50.6 Å². The van der Waals surface area contributed by atoms with Crippen LogP contribution in [-0.4, -0.2) is 18.1 Å². The predicted molar refractivity (Wildman–Crippen MR) is 71.6 cm³/mol. The van der Waals surface area contributed by atoms with Crippen LogP contribution in [0, 0.1) is 0 Å². The van der Waals surface area contributed by atoms with Gasteiger partial charge in [0, 0.05) is 12.1 Å². The van der Waals surface area contributed by atoms with Crippen molar-refractivity contribution in [3.05, 3.63) is 35.4 Å². The van der Waals surface area contributed by atoms with Crippen LogP contribution in [0.2, 0.25) is 0 Å². The van der Waals surface area contributed by atoms with Gasteiger partial charge in [0.1, 0.15) is 0 Å². The molecule has 0 aromatic heterocycles. The number of fused-ring (bicyclic) bond motifs is 1. The maximum atomic E-state index is 11.9. The van der Waals surface area contributed by atoms with Crippen molar-refractivity contribution in [1.82, 2.24) is 10.6 Å². The number of urea groups is 1. The topological polar surface area (TPSA) is 41.1 Å². The zero-order valence-electron chi connectivity index (χ0n) is 10.6. The second-order valence-corrected chi connectivity index (χ2v) is 5.47. The Kier molecular flexibility index (Phi) is 3.22. The van der Waals surface area contributed by atoms with E-state index in [-0.39, 0.29) is 12.1 Å². The first-order valence-corrected chi connectivity index (χ1v) is 6.95. The van der Waals surface area contributed by atoms with Crippen molar-refractivity contribution in [2.75, 3.05) is 0 Å². The zero-order chi connectivity index (χ0) is 12.4. The molecule has 1 fully saturated rings. The van der Waals surface area contributed by atoms with Gasteiger partial charge in [-0.05, 0) is 36.8 Å². The molecule has 0 unspecified atom stereocenters. The standard InChI is InChI=1S/C15H20N2O/c18-15(16-13-7-3-4-8-13)17-14-9-11-5-1-2-6-12(11)10-14/h1-2,5-6,13-14H,3-4,7-10H2,(H2,16,17,18). The maximum absolute atomic E-state index is 11.9. The molecule has 3 rings (SSSR count). The Balaban J connectivity index is 1.51. The normalized spacial score (nSPS) is 19.8. The molecule has 1 saturated carbocycles. The van der Waals surface area contributed by atoms with Gasteiger partial charge in [0.25, 0.3) is 0 Å². The number of nitrogens with one attached hydrogen (secondary N) is 2. The molecule has 0 atom stereocenters. The summed E-state index contributed by atoms with van der Waals surface area (Å²) in [5.74, 6) is 0. The summed E-state index contributed by atoms with van der Waals surface area (Å²) in [4.78, 5) is 11.9. The van der Waals surface area contributed by atoms with Gasteiger partial charge in [-0.2, -0.15) is 0 Å². The molecule has 0 spiro atoms. The minimum absolute atomic E-state index is 0.0136. The molecule has 0 radical (unpaired) electrons. The van der Waals surface area contributed by atoms with Crippen LogP contribution in [0.1, 0.15) is 36.8 Å². The van der Waals surface area contributed by atoms with E-state index >= 15 is 0 Å². The van der Waals surface area contributed by atoms with Gasteiger partial charge in [-0.25, -0.2) is 4.79 Å². The summed E-state index contributed by atoms with van der Waals surface area (Å²) in [5.41, 5.74) is 2.76. The van der Waals surface area contributed by atoms with E-state index in [2.05, 4.69) is 34.9 Å². The van der Waals surface area contributed by atoms with Crippen LogP contribution < -0.4 is 10.6 Å². The minimum Gasteiger partial charge on any atom is -0.335 e. The maximum Gasteiger partial charge on any atom is 0.315 e. The van der Waals surface area contributed by atoms with Crippen molar-refractivity contribution in [3.8, 4) is 0 Å². The second kappa shape index (κ2) is 5.01. The van der Waals surface area contributed by atoms with Crippen LogP contribution in [0.3, 0.4) is 0 Å². The van der Waals surface area contributed by atoms with E-state index in [1.165, 1.54) is 24.0 Å². The number of benzene rings is 1. The third kappa shape index (κ3) is 2.50. The fraction of sp³-hybridized carbons (Fsp3) is 0.533. The van der Waals surface area contributed by atoms with Crippen molar-refractivity contribution in [1.29, 1.82) is 0 Å². The molecule has 1 aromatic carbocycles. The highest BCUT2D eigenvalue weighted by Crippen LogP contribution is 2.22. The molecule has 0 heterocycles. The lowest BCUT2D eigenvalue weighted by atomic mass is 10.1. The number of amides is 2. The molecule has 3 nitrogen and oxygen atoms in total. The Morgan fingerprint density at radius 1 is 0.944 bits per heavy atom. The molecule has 2 aliphatic carbocycles. The third-order valence-corrected chi connectivity index (χ3v) is 4.08. The SMILES string of the molecule is O=C(NC1CCCC1)NC1Cc2ccccc2C1. The van der Waals surface area contributed by atoms with E-state index in [0.29, 0.717) is 6.04 Å². The Bertz CT molecular complexity index is 413. The first-order valence-electron chi connectivity index (χ1n) is 6.95. The van der Waals surface area contributed by atoms with E-state index in [9.17, 15) is 4.79 Å².